The Labute approximate surface area is 131 Å². The zero-order valence-electron chi connectivity index (χ0n) is 13.4. The summed E-state index contributed by atoms with van der Waals surface area (Å²) in [7, 11) is 2.17. The van der Waals surface area contributed by atoms with Crippen molar-refractivity contribution in [2.45, 2.75) is 19.9 Å². The van der Waals surface area contributed by atoms with Crippen LogP contribution in [0.5, 0.6) is 0 Å². The molecule has 0 aliphatic carbocycles. The fourth-order valence-electron chi connectivity index (χ4n) is 2.92. The van der Waals surface area contributed by atoms with Crippen LogP contribution >= 0.6 is 0 Å². The van der Waals surface area contributed by atoms with E-state index in [9.17, 15) is 0 Å². The van der Waals surface area contributed by atoms with Gasteiger partial charge in [0.2, 0.25) is 0 Å². The maximum absolute atomic E-state index is 5.72. The number of hydrogen-bond acceptors (Lipinski definition) is 5. The number of likely N-dealkylation sites (N-methyl/N-ethyl adjacent to an activating group) is 1. The van der Waals surface area contributed by atoms with E-state index in [-0.39, 0.29) is 0 Å². The zero-order valence-corrected chi connectivity index (χ0v) is 13.4. The quantitative estimate of drug-likeness (QED) is 0.914. The molecule has 0 radical (unpaired) electrons. The SMILES string of the molecule is CCc1c(CN)nnn1-c1ccc(N2CCN(C)CC2)cc1. The lowest BCUT2D eigenvalue weighted by atomic mass is 10.2. The summed E-state index contributed by atoms with van der Waals surface area (Å²) in [5, 5.41) is 8.42. The van der Waals surface area contributed by atoms with E-state index >= 15 is 0 Å². The van der Waals surface area contributed by atoms with Gasteiger partial charge in [-0.05, 0) is 37.7 Å². The number of hydrogen-bond donors (Lipinski definition) is 1. The number of rotatable bonds is 4. The molecule has 0 amide bonds. The van der Waals surface area contributed by atoms with E-state index in [1.807, 2.05) is 4.68 Å². The lowest BCUT2D eigenvalue weighted by Crippen LogP contribution is -2.44. The van der Waals surface area contributed by atoms with Gasteiger partial charge in [-0.25, -0.2) is 4.68 Å². The van der Waals surface area contributed by atoms with E-state index in [4.69, 9.17) is 5.73 Å². The van der Waals surface area contributed by atoms with Crippen LogP contribution < -0.4 is 10.6 Å². The summed E-state index contributed by atoms with van der Waals surface area (Å²) in [5.41, 5.74) is 10.0. The molecule has 2 N–H and O–H groups in total. The maximum atomic E-state index is 5.72. The average Bonchev–Trinajstić information content (AvgIpc) is 2.98. The van der Waals surface area contributed by atoms with Gasteiger partial charge in [0.1, 0.15) is 0 Å². The number of anilines is 1. The maximum Gasteiger partial charge on any atom is 0.0999 e. The Morgan fingerprint density at radius 2 is 1.68 bits per heavy atom. The van der Waals surface area contributed by atoms with Crippen molar-refractivity contribution in [1.82, 2.24) is 19.9 Å². The van der Waals surface area contributed by atoms with Gasteiger partial charge in [-0.2, -0.15) is 0 Å². The summed E-state index contributed by atoms with van der Waals surface area (Å²) in [5.74, 6) is 0. The van der Waals surface area contributed by atoms with E-state index in [2.05, 4.69) is 58.3 Å². The molecule has 3 rings (SSSR count). The lowest BCUT2D eigenvalue weighted by molar-refractivity contribution is 0.313. The number of piperazine rings is 1. The van der Waals surface area contributed by atoms with E-state index in [0.717, 1.165) is 49.7 Å². The second-order valence-corrected chi connectivity index (χ2v) is 5.76. The van der Waals surface area contributed by atoms with Crippen molar-refractivity contribution in [2.75, 3.05) is 38.1 Å². The zero-order chi connectivity index (χ0) is 15.5. The molecule has 1 fully saturated rings. The highest BCUT2D eigenvalue weighted by atomic mass is 15.4. The van der Waals surface area contributed by atoms with Gasteiger partial charge in [-0.1, -0.05) is 12.1 Å². The first kappa shape index (κ1) is 15.0. The molecule has 0 atom stereocenters. The molecule has 6 heteroatoms. The third-order valence-electron chi connectivity index (χ3n) is 4.33. The highest BCUT2D eigenvalue weighted by Gasteiger charge is 2.15. The molecule has 1 aromatic heterocycles. The molecule has 0 saturated carbocycles. The highest BCUT2D eigenvalue weighted by molar-refractivity contribution is 5.51. The van der Waals surface area contributed by atoms with Gasteiger partial charge in [-0.15, -0.1) is 5.10 Å². The van der Waals surface area contributed by atoms with Crippen molar-refractivity contribution in [1.29, 1.82) is 0 Å². The van der Waals surface area contributed by atoms with E-state index in [0.29, 0.717) is 6.54 Å². The average molecular weight is 300 g/mol. The Balaban J connectivity index is 1.81. The monoisotopic (exact) mass is 300 g/mol. The van der Waals surface area contributed by atoms with Crippen molar-refractivity contribution in [2.24, 2.45) is 5.73 Å². The first-order valence-corrected chi connectivity index (χ1v) is 7.90. The van der Waals surface area contributed by atoms with E-state index in [1.165, 1.54) is 5.69 Å². The first-order valence-electron chi connectivity index (χ1n) is 7.90. The summed E-state index contributed by atoms with van der Waals surface area (Å²) in [6.45, 7) is 6.93. The predicted octanol–water partition coefficient (Wildman–Crippen LogP) is 1.04. The Morgan fingerprint density at radius 3 is 2.27 bits per heavy atom. The van der Waals surface area contributed by atoms with Crippen molar-refractivity contribution in [3.63, 3.8) is 0 Å². The van der Waals surface area contributed by atoms with Gasteiger partial charge in [0, 0.05) is 38.4 Å². The molecule has 1 saturated heterocycles. The van der Waals surface area contributed by atoms with E-state index in [1.54, 1.807) is 0 Å². The fraction of sp³-hybridized carbons (Fsp3) is 0.500. The Hall–Kier alpha value is -1.92. The first-order chi connectivity index (χ1) is 10.7. The summed E-state index contributed by atoms with van der Waals surface area (Å²) < 4.78 is 1.90. The van der Waals surface area contributed by atoms with Crippen LogP contribution in [0, 0.1) is 0 Å². The topological polar surface area (TPSA) is 63.2 Å². The molecule has 2 heterocycles. The van der Waals surface area contributed by atoms with Crippen LogP contribution in [0.25, 0.3) is 5.69 Å². The fourth-order valence-corrected chi connectivity index (χ4v) is 2.92. The van der Waals surface area contributed by atoms with Crippen LogP contribution in [0.3, 0.4) is 0 Å². The number of aromatic nitrogens is 3. The third kappa shape index (κ3) is 2.84. The molecule has 2 aromatic rings. The molecule has 0 spiro atoms. The van der Waals surface area contributed by atoms with Crippen molar-refractivity contribution in [3.8, 4) is 5.69 Å². The summed E-state index contributed by atoms with van der Waals surface area (Å²) in [6, 6.07) is 8.57. The Kier molecular flexibility index (Phi) is 4.40. The van der Waals surface area contributed by atoms with Gasteiger partial charge >= 0.3 is 0 Å². The van der Waals surface area contributed by atoms with Crippen LogP contribution in [0.1, 0.15) is 18.3 Å². The smallest absolute Gasteiger partial charge is 0.0999 e. The van der Waals surface area contributed by atoms with Crippen LogP contribution in [0.2, 0.25) is 0 Å². The Bertz CT molecular complexity index is 610. The Morgan fingerprint density at radius 1 is 1.05 bits per heavy atom. The van der Waals surface area contributed by atoms with Crippen LogP contribution in [0.4, 0.5) is 5.69 Å². The predicted molar refractivity (Wildman–Crippen MR) is 88.3 cm³/mol. The minimum absolute atomic E-state index is 0.433. The summed E-state index contributed by atoms with van der Waals surface area (Å²) in [4.78, 5) is 4.79. The molecule has 1 aliphatic heterocycles. The van der Waals surface area contributed by atoms with Crippen LogP contribution in [0.15, 0.2) is 24.3 Å². The van der Waals surface area contributed by atoms with Crippen molar-refractivity contribution < 1.29 is 0 Å². The largest absolute Gasteiger partial charge is 0.369 e. The summed E-state index contributed by atoms with van der Waals surface area (Å²) in [6.07, 6.45) is 0.875. The second-order valence-electron chi connectivity index (χ2n) is 5.76. The molecular weight excluding hydrogens is 276 g/mol. The van der Waals surface area contributed by atoms with Gasteiger partial charge < -0.3 is 15.5 Å². The molecule has 118 valence electrons. The highest BCUT2D eigenvalue weighted by Crippen LogP contribution is 2.20. The van der Waals surface area contributed by atoms with Crippen LogP contribution in [-0.2, 0) is 13.0 Å². The molecule has 1 aliphatic rings. The van der Waals surface area contributed by atoms with Crippen molar-refractivity contribution in [3.05, 3.63) is 35.7 Å². The van der Waals surface area contributed by atoms with Gasteiger partial charge in [0.25, 0.3) is 0 Å². The summed E-state index contributed by atoms with van der Waals surface area (Å²) >= 11 is 0. The minimum Gasteiger partial charge on any atom is -0.369 e. The lowest BCUT2D eigenvalue weighted by Gasteiger charge is -2.34. The van der Waals surface area contributed by atoms with Gasteiger partial charge in [0.15, 0.2) is 0 Å². The second kappa shape index (κ2) is 6.46. The number of nitrogens with two attached hydrogens (primary N) is 1. The van der Waals surface area contributed by atoms with Crippen molar-refractivity contribution >= 4 is 5.69 Å². The van der Waals surface area contributed by atoms with Gasteiger partial charge in [0.05, 0.1) is 17.1 Å². The molecule has 1 aromatic carbocycles. The normalized spacial score (nSPS) is 16.2. The van der Waals surface area contributed by atoms with Gasteiger partial charge in [-0.3, -0.25) is 0 Å². The number of nitrogens with zero attached hydrogens (tertiary/aromatic N) is 5. The van der Waals surface area contributed by atoms with Crippen LogP contribution in [-0.4, -0.2) is 53.1 Å². The number of benzene rings is 1. The molecular formula is C16H24N6. The third-order valence-corrected chi connectivity index (χ3v) is 4.33. The molecule has 0 bridgehead atoms. The molecule has 0 unspecified atom stereocenters. The van der Waals surface area contributed by atoms with E-state index < -0.39 is 0 Å². The molecule has 6 nitrogen and oxygen atoms in total. The standard InChI is InChI=1S/C16H24N6/c1-3-16-15(12-17)18-19-22(16)14-6-4-13(5-7-14)21-10-8-20(2)9-11-21/h4-7H,3,8-12,17H2,1-2H3. The minimum atomic E-state index is 0.433. The molecule has 22 heavy (non-hydrogen) atoms.